The molecule has 0 bridgehead atoms. The molecule has 6 nitrogen and oxygen atoms in total. The molecular formula is C26H21F2NO5. The molecule has 1 aliphatic heterocycles. The summed E-state index contributed by atoms with van der Waals surface area (Å²) in [5.41, 5.74) is 2.47. The number of amides is 2. The fourth-order valence-corrected chi connectivity index (χ4v) is 3.73. The lowest BCUT2D eigenvalue weighted by atomic mass is 9.91. The maximum atomic E-state index is 13.5. The summed E-state index contributed by atoms with van der Waals surface area (Å²) in [5.74, 6) is -0.221. The summed E-state index contributed by atoms with van der Waals surface area (Å²) in [6, 6.07) is 18.3. The second-order valence-electron chi connectivity index (χ2n) is 7.44. The van der Waals surface area contributed by atoms with Crippen LogP contribution in [-0.2, 0) is 11.3 Å². The van der Waals surface area contributed by atoms with Crippen molar-refractivity contribution in [3.63, 3.8) is 0 Å². The molecule has 0 fully saturated rings. The Morgan fingerprint density at radius 3 is 2.21 bits per heavy atom. The Labute approximate surface area is 195 Å². The van der Waals surface area contributed by atoms with Crippen LogP contribution in [0.3, 0.4) is 0 Å². The minimum Gasteiger partial charge on any atom is -0.497 e. The van der Waals surface area contributed by atoms with Crippen LogP contribution < -0.4 is 14.2 Å². The van der Waals surface area contributed by atoms with Crippen molar-refractivity contribution < 1.29 is 32.6 Å². The minimum atomic E-state index is -3.00. The SMILES string of the molecule is COc1ccc(CN2C(=O)/C(=C\c3ccc(OC(F)F)c(OC)c3)c3ccccc3C2=O)cc1. The van der Waals surface area contributed by atoms with Crippen molar-refractivity contribution >= 4 is 23.5 Å². The van der Waals surface area contributed by atoms with Gasteiger partial charge in [-0.25, -0.2) is 0 Å². The van der Waals surface area contributed by atoms with Gasteiger partial charge >= 0.3 is 6.61 Å². The molecule has 4 rings (SSSR count). The highest BCUT2D eigenvalue weighted by Crippen LogP contribution is 2.34. The van der Waals surface area contributed by atoms with E-state index in [-0.39, 0.29) is 18.0 Å². The molecule has 0 N–H and O–H groups in total. The van der Waals surface area contributed by atoms with Gasteiger partial charge in [-0.1, -0.05) is 36.4 Å². The molecule has 3 aromatic rings. The Balaban J connectivity index is 1.73. The third-order valence-electron chi connectivity index (χ3n) is 5.38. The third-order valence-corrected chi connectivity index (χ3v) is 5.38. The first-order valence-electron chi connectivity index (χ1n) is 10.3. The number of methoxy groups -OCH3 is 2. The van der Waals surface area contributed by atoms with E-state index in [1.165, 1.54) is 30.2 Å². The minimum absolute atomic E-state index is 0.0812. The molecule has 8 heteroatoms. The van der Waals surface area contributed by atoms with E-state index in [9.17, 15) is 18.4 Å². The van der Waals surface area contributed by atoms with Gasteiger partial charge in [0.2, 0.25) is 0 Å². The molecule has 1 aliphatic rings. The van der Waals surface area contributed by atoms with Gasteiger partial charge < -0.3 is 14.2 Å². The van der Waals surface area contributed by atoms with Crippen LogP contribution in [0.2, 0.25) is 0 Å². The summed E-state index contributed by atoms with van der Waals surface area (Å²) in [6.45, 7) is -2.92. The Kier molecular flexibility index (Phi) is 6.58. The average molecular weight is 465 g/mol. The van der Waals surface area contributed by atoms with Gasteiger partial charge in [0.25, 0.3) is 11.8 Å². The van der Waals surface area contributed by atoms with Crippen molar-refractivity contribution in [3.8, 4) is 17.2 Å². The van der Waals surface area contributed by atoms with Crippen molar-refractivity contribution in [1.82, 2.24) is 4.90 Å². The lowest BCUT2D eigenvalue weighted by molar-refractivity contribution is -0.123. The molecule has 0 aliphatic carbocycles. The van der Waals surface area contributed by atoms with Gasteiger partial charge in [0, 0.05) is 11.1 Å². The molecule has 0 saturated carbocycles. The first-order chi connectivity index (χ1) is 16.4. The van der Waals surface area contributed by atoms with Crippen LogP contribution in [0.5, 0.6) is 17.2 Å². The Hall–Kier alpha value is -4.20. The van der Waals surface area contributed by atoms with E-state index in [1.807, 2.05) is 0 Å². The number of carbonyl (C=O) groups excluding carboxylic acids is 2. The number of rotatable bonds is 7. The number of hydrogen-bond acceptors (Lipinski definition) is 5. The predicted molar refractivity (Wildman–Crippen MR) is 122 cm³/mol. The second-order valence-corrected chi connectivity index (χ2v) is 7.44. The molecule has 1 heterocycles. The fraction of sp³-hybridized carbons (Fsp3) is 0.154. The zero-order chi connectivity index (χ0) is 24.2. The van der Waals surface area contributed by atoms with E-state index in [1.54, 1.807) is 61.7 Å². The number of fused-ring (bicyclic) bond motifs is 1. The number of ether oxygens (including phenoxy) is 3. The highest BCUT2D eigenvalue weighted by molar-refractivity contribution is 6.33. The van der Waals surface area contributed by atoms with E-state index in [2.05, 4.69) is 4.74 Å². The summed E-state index contributed by atoms with van der Waals surface area (Å²) in [6.07, 6.45) is 1.60. The van der Waals surface area contributed by atoms with Crippen LogP contribution in [-0.4, -0.2) is 37.5 Å². The maximum Gasteiger partial charge on any atom is 0.387 e. The molecule has 34 heavy (non-hydrogen) atoms. The molecular weight excluding hydrogens is 444 g/mol. The number of hydrogen-bond donors (Lipinski definition) is 0. The van der Waals surface area contributed by atoms with Crippen molar-refractivity contribution in [1.29, 1.82) is 0 Å². The number of nitrogens with zero attached hydrogens (tertiary/aromatic N) is 1. The van der Waals surface area contributed by atoms with Gasteiger partial charge in [0.15, 0.2) is 11.5 Å². The van der Waals surface area contributed by atoms with Crippen molar-refractivity contribution in [2.24, 2.45) is 0 Å². The smallest absolute Gasteiger partial charge is 0.387 e. The van der Waals surface area contributed by atoms with Crippen LogP contribution in [0.1, 0.15) is 27.0 Å². The summed E-state index contributed by atoms with van der Waals surface area (Å²) < 4.78 is 40.1. The molecule has 0 spiro atoms. The lowest BCUT2D eigenvalue weighted by Crippen LogP contribution is -2.41. The van der Waals surface area contributed by atoms with Crippen LogP contribution in [0.25, 0.3) is 11.6 Å². The second kappa shape index (κ2) is 9.74. The van der Waals surface area contributed by atoms with Crippen molar-refractivity contribution in [2.45, 2.75) is 13.2 Å². The fourth-order valence-electron chi connectivity index (χ4n) is 3.73. The standard InChI is InChI=1S/C26H21F2NO5/c1-32-18-10-7-16(8-11-18)15-29-24(30)20-6-4-3-5-19(20)21(25(29)31)13-17-9-12-22(34-26(27)28)23(14-17)33-2/h3-14,26H,15H2,1-2H3/b21-13-. The quantitative estimate of drug-likeness (QED) is 0.362. The number of carbonyl (C=O) groups is 2. The summed E-state index contributed by atoms with van der Waals surface area (Å²) in [4.78, 5) is 27.8. The zero-order valence-corrected chi connectivity index (χ0v) is 18.5. The summed E-state index contributed by atoms with van der Waals surface area (Å²) in [7, 11) is 2.89. The van der Waals surface area contributed by atoms with Gasteiger partial charge in [0.05, 0.1) is 20.8 Å². The van der Waals surface area contributed by atoms with Crippen molar-refractivity contribution in [3.05, 3.63) is 89.0 Å². The van der Waals surface area contributed by atoms with Crippen LogP contribution in [0.4, 0.5) is 8.78 Å². The van der Waals surface area contributed by atoms with Crippen LogP contribution in [0, 0.1) is 0 Å². The molecule has 0 unspecified atom stereocenters. The number of imide groups is 1. The molecule has 0 aromatic heterocycles. The van der Waals surface area contributed by atoms with Crippen LogP contribution >= 0.6 is 0 Å². The highest BCUT2D eigenvalue weighted by atomic mass is 19.3. The van der Waals surface area contributed by atoms with E-state index < -0.39 is 18.4 Å². The molecule has 2 amide bonds. The van der Waals surface area contributed by atoms with Gasteiger partial charge in [-0.3, -0.25) is 14.5 Å². The first kappa shape index (κ1) is 23.0. The average Bonchev–Trinajstić information content (AvgIpc) is 2.85. The molecule has 3 aromatic carbocycles. The summed E-state index contributed by atoms with van der Waals surface area (Å²) in [5, 5.41) is 0. The molecule has 174 valence electrons. The monoisotopic (exact) mass is 465 g/mol. The van der Waals surface area contributed by atoms with E-state index in [4.69, 9.17) is 9.47 Å². The maximum absolute atomic E-state index is 13.5. The first-order valence-corrected chi connectivity index (χ1v) is 10.3. The molecule has 0 atom stereocenters. The highest BCUT2D eigenvalue weighted by Gasteiger charge is 2.34. The van der Waals surface area contributed by atoms with Gasteiger partial charge in [-0.05, 0) is 53.1 Å². The Morgan fingerprint density at radius 1 is 0.853 bits per heavy atom. The number of benzene rings is 3. The van der Waals surface area contributed by atoms with Crippen molar-refractivity contribution in [2.75, 3.05) is 14.2 Å². The topological polar surface area (TPSA) is 65.1 Å². The van der Waals surface area contributed by atoms with Gasteiger partial charge in [0.1, 0.15) is 5.75 Å². The van der Waals surface area contributed by atoms with Gasteiger partial charge in [-0.2, -0.15) is 8.78 Å². The predicted octanol–water partition coefficient (Wildman–Crippen LogP) is 5.03. The molecule has 0 radical (unpaired) electrons. The van der Waals surface area contributed by atoms with E-state index >= 15 is 0 Å². The number of alkyl halides is 2. The lowest BCUT2D eigenvalue weighted by Gasteiger charge is -2.29. The van der Waals surface area contributed by atoms with Crippen LogP contribution in [0.15, 0.2) is 66.7 Å². The normalized spacial score (nSPS) is 14.4. The van der Waals surface area contributed by atoms with Gasteiger partial charge in [-0.15, -0.1) is 0 Å². The zero-order valence-electron chi connectivity index (χ0n) is 18.5. The molecule has 0 saturated heterocycles. The third kappa shape index (κ3) is 4.61. The van der Waals surface area contributed by atoms with E-state index in [0.717, 1.165) is 5.56 Å². The Morgan fingerprint density at radius 2 is 1.56 bits per heavy atom. The number of halogens is 2. The summed E-state index contributed by atoms with van der Waals surface area (Å²) >= 11 is 0. The van der Waals surface area contributed by atoms with E-state index in [0.29, 0.717) is 28.0 Å². The largest absolute Gasteiger partial charge is 0.497 e. The Bertz CT molecular complexity index is 1250.